The molecule has 2 fully saturated rings. The molecule has 0 aromatic heterocycles. The second kappa shape index (κ2) is 1.93. The Morgan fingerprint density at radius 1 is 1.55 bits per heavy atom. The lowest BCUT2D eigenvalue weighted by molar-refractivity contribution is -0.0542. The standard InChI is InChI=1S/C7H11F2NO/c8-7(9)5-2-1-3-11-6(5,7)4-10/h5H,1-4,10H2/t5-,6+/m1/s1. The van der Waals surface area contributed by atoms with Crippen molar-refractivity contribution >= 4 is 0 Å². The molecule has 1 aliphatic heterocycles. The topological polar surface area (TPSA) is 35.2 Å². The van der Waals surface area contributed by atoms with E-state index in [1.54, 1.807) is 0 Å². The number of fused-ring (bicyclic) bond motifs is 1. The molecule has 0 aromatic rings. The van der Waals surface area contributed by atoms with Crippen LogP contribution >= 0.6 is 0 Å². The summed E-state index contributed by atoms with van der Waals surface area (Å²) in [5.41, 5.74) is 3.98. The van der Waals surface area contributed by atoms with Gasteiger partial charge in [-0.3, -0.25) is 0 Å². The van der Waals surface area contributed by atoms with Crippen LogP contribution in [0.1, 0.15) is 12.8 Å². The van der Waals surface area contributed by atoms with Gasteiger partial charge >= 0.3 is 0 Å². The average Bonchev–Trinajstić information content (AvgIpc) is 2.52. The molecule has 11 heavy (non-hydrogen) atoms. The molecule has 1 aliphatic carbocycles. The molecule has 2 aliphatic rings. The van der Waals surface area contributed by atoms with Gasteiger partial charge < -0.3 is 10.5 Å². The van der Waals surface area contributed by atoms with E-state index in [4.69, 9.17) is 10.5 Å². The van der Waals surface area contributed by atoms with Crippen molar-refractivity contribution in [1.82, 2.24) is 0 Å². The monoisotopic (exact) mass is 163 g/mol. The molecule has 0 unspecified atom stereocenters. The lowest BCUT2D eigenvalue weighted by Crippen LogP contribution is -2.34. The quantitative estimate of drug-likeness (QED) is 0.619. The van der Waals surface area contributed by atoms with Crippen molar-refractivity contribution in [2.75, 3.05) is 13.2 Å². The third-order valence-electron chi connectivity index (χ3n) is 2.78. The number of nitrogens with two attached hydrogens (primary N) is 1. The summed E-state index contributed by atoms with van der Waals surface area (Å²) in [7, 11) is 0. The fourth-order valence-electron chi connectivity index (χ4n) is 2.00. The van der Waals surface area contributed by atoms with E-state index in [9.17, 15) is 8.78 Å². The number of halogens is 2. The molecule has 0 amide bonds. The molecule has 0 spiro atoms. The first-order chi connectivity index (χ1) is 5.15. The van der Waals surface area contributed by atoms with Crippen molar-refractivity contribution in [3.63, 3.8) is 0 Å². The number of hydrogen-bond acceptors (Lipinski definition) is 2. The van der Waals surface area contributed by atoms with E-state index in [2.05, 4.69) is 0 Å². The minimum atomic E-state index is -2.65. The van der Waals surface area contributed by atoms with Crippen LogP contribution in [-0.4, -0.2) is 24.7 Å². The Hall–Kier alpha value is -0.220. The van der Waals surface area contributed by atoms with E-state index < -0.39 is 17.4 Å². The highest BCUT2D eigenvalue weighted by Crippen LogP contribution is 2.64. The van der Waals surface area contributed by atoms with Crippen LogP contribution in [0.5, 0.6) is 0 Å². The fraction of sp³-hybridized carbons (Fsp3) is 1.00. The number of ether oxygens (including phenoxy) is 1. The van der Waals surface area contributed by atoms with Crippen LogP contribution < -0.4 is 5.73 Å². The Balaban J connectivity index is 2.20. The van der Waals surface area contributed by atoms with Gasteiger partial charge in [-0.05, 0) is 12.8 Å². The molecule has 64 valence electrons. The van der Waals surface area contributed by atoms with Gasteiger partial charge in [-0.15, -0.1) is 0 Å². The number of rotatable bonds is 1. The van der Waals surface area contributed by atoms with Gasteiger partial charge in [0.05, 0.1) is 5.92 Å². The minimum Gasteiger partial charge on any atom is -0.367 e. The SMILES string of the molecule is NC[C@]12OCCC[C@H]1C2(F)F. The third kappa shape index (κ3) is 0.667. The van der Waals surface area contributed by atoms with Gasteiger partial charge in [0, 0.05) is 13.2 Å². The zero-order valence-corrected chi connectivity index (χ0v) is 6.15. The maximum atomic E-state index is 13.0. The summed E-state index contributed by atoms with van der Waals surface area (Å²) in [4.78, 5) is 0. The third-order valence-corrected chi connectivity index (χ3v) is 2.78. The second-order valence-corrected chi connectivity index (χ2v) is 3.26. The maximum Gasteiger partial charge on any atom is 0.283 e. The van der Waals surface area contributed by atoms with Crippen molar-refractivity contribution in [3.05, 3.63) is 0 Å². The molecule has 2 rings (SSSR count). The summed E-state index contributed by atoms with van der Waals surface area (Å²) in [5, 5.41) is 0. The first kappa shape index (κ1) is 7.43. The summed E-state index contributed by atoms with van der Waals surface area (Å²) in [5.74, 6) is -3.26. The van der Waals surface area contributed by atoms with Crippen molar-refractivity contribution in [3.8, 4) is 0 Å². The van der Waals surface area contributed by atoms with Gasteiger partial charge in [0.25, 0.3) is 5.92 Å². The predicted molar refractivity (Wildman–Crippen MR) is 35.4 cm³/mol. The van der Waals surface area contributed by atoms with E-state index in [0.717, 1.165) is 6.42 Å². The first-order valence-electron chi connectivity index (χ1n) is 3.87. The molecule has 2 atom stereocenters. The van der Waals surface area contributed by atoms with Crippen LogP contribution in [0.25, 0.3) is 0 Å². The second-order valence-electron chi connectivity index (χ2n) is 3.26. The van der Waals surface area contributed by atoms with Crippen molar-refractivity contribution in [2.45, 2.75) is 24.4 Å². The van der Waals surface area contributed by atoms with Gasteiger partial charge in [0.1, 0.15) is 0 Å². The zero-order chi connectivity index (χ0) is 8.11. The molecule has 0 aromatic carbocycles. The van der Waals surface area contributed by atoms with E-state index in [0.29, 0.717) is 13.0 Å². The number of alkyl halides is 2. The Kier molecular flexibility index (Phi) is 1.30. The normalized spacial score (nSPS) is 46.6. The van der Waals surface area contributed by atoms with Crippen LogP contribution in [0.3, 0.4) is 0 Å². The Morgan fingerprint density at radius 2 is 2.27 bits per heavy atom. The lowest BCUT2D eigenvalue weighted by atomic mass is 10.1. The van der Waals surface area contributed by atoms with E-state index in [1.165, 1.54) is 0 Å². The molecular weight excluding hydrogens is 152 g/mol. The Bertz CT molecular complexity index is 185. The Labute approximate surface area is 63.7 Å². The lowest BCUT2D eigenvalue weighted by Gasteiger charge is -2.18. The van der Waals surface area contributed by atoms with Crippen LogP contribution in [-0.2, 0) is 4.74 Å². The molecule has 0 bridgehead atoms. The smallest absolute Gasteiger partial charge is 0.283 e. The van der Waals surface area contributed by atoms with Crippen LogP contribution in [0, 0.1) is 5.92 Å². The van der Waals surface area contributed by atoms with Crippen LogP contribution in [0.4, 0.5) is 8.78 Å². The van der Waals surface area contributed by atoms with Crippen LogP contribution in [0.2, 0.25) is 0 Å². The first-order valence-corrected chi connectivity index (χ1v) is 3.87. The zero-order valence-electron chi connectivity index (χ0n) is 6.15. The van der Waals surface area contributed by atoms with Gasteiger partial charge in [-0.25, -0.2) is 8.78 Å². The molecule has 1 heterocycles. The molecule has 1 saturated heterocycles. The summed E-state index contributed by atoms with van der Waals surface area (Å²) in [6.07, 6.45) is 1.30. The minimum absolute atomic E-state index is 0.0509. The predicted octanol–water partition coefficient (Wildman–Crippen LogP) is 0.759. The summed E-state index contributed by atoms with van der Waals surface area (Å²) in [6, 6.07) is 0. The molecule has 1 saturated carbocycles. The average molecular weight is 163 g/mol. The largest absolute Gasteiger partial charge is 0.367 e. The van der Waals surface area contributed by atoms with Gasteiger partial charge in [-0.1, -0.05) is 0 Å². The molecule has 2 N–H and O–H groups in total. The van der Waals surface area contributed by atoms with Crippen molar-refractivity contribution in [2.24, 2.45) is 11.7 Å². The van der Waals surface area contributed by atoms with Crippen LogP contribution in [0.15, 0.2) is 0 Å². The van der Waals surface area contributed by atoms with E-state index in [1.807, 2.05) is 0 Å². The highest BCUT2D eigenvalue weighted by Gasteiger charge is 2.81. The fourth-order valence-corrected chi connectivity index (χ4v) is 2.00. The summed E-state index contributed by atoms with van der Waals surface area (Å²) >= 11 is 0. The number of hydrogen-bond donors (Lipinski definition) is 1. The molecular formula is C7H11F2NO. The van der Waals surface area contributed by atoms with Gasteiger partial charge in [0.2, 0.25) is 0 Å². The highest BCUT2D eigenvalue weighted by atomic mass is 19.3. The van der Waals surface area contributed by atoms with Crippen molar-refractivity contribution in [1.29, 1.82) is 0 Å². The van der Waals surface area contributed by atoms with Gasteiger partial charge in [0.15, 0.2) is 5.60 Å². The Morgan fingerprint density at radius 3 is 2.73 bits per heavy atom. The molecule has 4 heteroatoms. The van der Waals surface area contributed by atoms with E-state index >= 15 is 0 Å². The molecule has 2 nitrogen and oxygen atoms in total. The molecule has 0 radical (unpaired) electrons. The van der Waals surface area contributed by atoms with Gasteiger partial charge in [-0.2, -0.15) is 0 Å². The summed E-state index contributed by atoms with van der Waals surface area (Å²) in [6.45, 7) is 0.383. The summed E-state index contributed by atoms with van der Waals surface area (Å²) < 4.78 is 30.9. The van der Waals surface area contributed by atoms with E-state index in [-0.39, 0.29) is 6.54 Å². The van der Waals surface area contributed by atoms with Crippen molar-refractivity contribution < 1.29 is 13.5 Å². The maximum absolute atomic E-state index is 13.0. The highest BCUT2D eigenvalue weighted by molar-refractivity contribution is 5.23.